The van der Waals surface area contributed by atoms with Gasteiger partial charge in [0.25, 0.3) is 0 Å². The maximum atomic E-state index is 9.27. The summed E-state index contributed by atoms with van der Waals surface area (Å²) in [5, 5.41) is 9.27. The molecule has 78 valence electrons. The first kappa shape index (κ1) is 10.3. The molecule has 14 heavy (non-hydrogen) atoms. The van der Waals surface area contributed by atoms with Crippen molar-refractivity contribution in [3.63, 3.8) is 0 Å². The van der Waals surface area contributed by atoms with Gasteiger partial charge in [-0.15, -0.1) is 11.6 Å². The van der Waals surface area contributed by atoms with Crippen molar-refractivity contribution >= 4 is 11.6 Å². The summed E-state index contributed by atoms with van der Waals surface area (Å²) in [6.45, 7) is 0.343. The van der Waals surface area contributed by atoms with Crippen molar-refractivity contribution in [2.75, 3.05) is 12.5 Å². The van der Waals surface area contributed by atoms with E-state index in [2.05, 4.69) is 24.3 Å². The number of rotatable bonds is 4. The second-order valence-corrected chi connectivity index (χ2v) is 4.92. The molecule has 1 fully saturated rings. The molecule has 1 N–H and O–H groups in total. The van der Waals surface area contributed by atoms with Crippen LogP contribution in [-0.4, -0.2) is 17.6 Å². The fourth-order valence-corrected chi connectivity index (χ4v) is 2.52. The Balaban J connectivity index is 1.96. The molecule has 2 rings (SSSR count). The SMILES string of the molecule is OCC1(CC2C=CC=CC2CCl)CC1. The number of aliphatic hydroxyl groups excluding tert-OH is 1. The molecule has 0 radical (unpaired) electrons. The molecule has 0 amide bonds. The van der Waals surface area contributed by atoms with Gasteiger partial charge >= 0.3 is 0 Å². The van der Waals surface area contributed by atoms with Gasteiger partial charge in [-0.1, -0.05) is 24.3 Å². The van der Waals surface area contributed by atoms with Gasteiger partial charge < -0.3 is 5.11 Å². The number of aliphatic hydroxyl groups is 1. The molecule has 0 aromatic rings. The third kappa shape index (κ3) is 2.04. The fraction of sp³-hybridized carbons (Fsp3) is 0.667. The minimum atomic E-state index is 0.241. The molecular formula is C12H17ClO. The molecule has 0 heterocycles. The third-order valence-electron chi connectivity index (χ3n) is 3.52. The van der Waals surface area contributed by atoms with Gasteiger partial charge in [-0.25, -0.2) is 0 Å². The Bertz CT molecular complexity index is 253. The molecule has 2 aliphatic carbocycles. The van der Waals surface area contributed by atoms with Crippen molar-refractivity contribution in [3.05, 3.63) is 24.3 Å². The third-order valence-corrected chi connectivity index (χ3v) is 3.87. The van der Waals surface area contributed by atoms with Crippen LogP contribution < -0.4 is 0 Å². The molecule has 1 nitrogen and oxygen atoms in total. The first-order chi connectivity index (χ1) is 6.79. The number of hydrogen-bond acceptors (Lipinski definition) is 1. The summed E-state index contributed by atoms with van der Waals surface area (Å²) in [5.74, 6) is 1.69. The molecule has 0 aliphatic heterocycles. The molecule has 2 atom stereocenters. The van der Waals surface area contributed by atoms with Crippen molar-refractivity contribution < 1.29 is 5.11 Å². The van der Waals surface area contributed by atoms with E-state index < -0.39 is 0 Å². The van der Waals surface area contributed by atoms with Crippen molar-refractivity contribution in [3.8, 4) is 0 Å². The van der Waals surface area contributed by atoms with Crippen molar-refractivity contribution in [2.45, 2.75) is 19.3 Å². The summed E-state index contributed by atoms with van der Waals surface area (Å²) in [6.07, 6.45) is 12.1. The van der Waals surface area contributed by atoms with E-state index in [1.54, 1.807) is 0 Å². The fourth-order valence-electron chi connectivity index (χ4n) is 2.19. The highest BCUT2D eigenvalue weighted by Crippen LogP contribution is 2.51. The highest BCUT2D eigenvalue weighted by atomic mass is 35.5. The second-order valence-electron chi connectivity index (χ2n) is 4.61. The summed E-state index contributed by atoms with van der Waals surface area (Å²) < 4.78 is 0. The summed E-state index contributed by atoms with van der Waals surface area (Å²) >= 11 is 5.92. The van der Waals surface area contributed by atoms with Gasteiger partial charge in [0.1, 0.15) is 0 Å². The van der Waals surface area contributed by atoms with Crippen LogP contribution in [0.25, 0.3) is 0 Å². The Morgan fingerprint density at radius 3 is 2.36 bits per heavy atom. The lowest BCUT2D eigenvalue weighted by molar-refractivity contribution is 0.184. The van der Waals surface area contributed by atoms with Crippen LogP contribution in [0.5, 0.6) is 0 Å². The largest absolute Gasteiger partial charge is 0.396 e. The molecule has 0 saturated heterocycles. The molecule has 1 saturated carbocycles. The van der Waals surface area contributed by atoms with Crippen LogP contribution in [0.15, 0.2) is 24.3 Å². The van der Waals surface area contributed by atoms with E-state index >= 15 is 0 Å². The minimum Gasteiger partial charge on any atom is -0.396 e. The molecule has 2 unspecified atom stereocenters. The van der Waals surface area contributed by atoms with Crippen LogP contribution in [-0.2, 0) is 0 Å². The van der Waals surface area contributed by atoms with Gasteiger partial charge in [0.15, 0.2) is 0 Å². The Kier molecular flexibility index (Phi) is 2.99. The molecular weight excluding hydrogens is 196 g/mol. The van der Waals surface area contributed by atoms with E-state index in [1.165, 1.54) is 12.8 Å². The monoisotopic (exact) mass is 212 g/mol. The van der Waals surface area contributed by atoms with E-state index in [0.29, 0.717) is 24.3 Å². The van der Waals surface area contributed by atoms with Gasteiger partial charge in [0.2, 0.25) is 0 Å². The highest BCUT2D eigenvalue weighted by Gasteiger charge is 2.44. The van der Waals surface area contributed by atoms with Crippen LogP contribution in [0.1, 0.15) is 19.3 Å². The Hall–Kier alpha value is -0.270. The predicted octanol–water partition coefficient (Wildman–Crippen LogP) is 2.75. The molecule has 2 aliphatic rings. The van der Waals surface area contributed by atoms with Gasteiger partial charge in [-0.2, -0.15) is 0 Å². The van der Waals surface area contributed by atoms with Crippen molar-refractivity contribution in [2.24, 2.45) is 17.3 Å². The smallest absolute Gasteiger partial charge is 0.0487 e. The van der Waals surface area contributed by atoms with Gasteiger partial charge in [-0.05, 0) is 36.5 Å². The van der Waals surface area contributed by atoms with Gasteiger partial charge in [0.05, 0.1) is 0 Å². The van der Waals surface area contributed by atoms with Crippen LogP contribution in [0.4, 0.5) is 0 Å². The molecule has 0 spiro atoms. The molecule has 0 aromatic heterocycles. The Morgan fingerprint density at radius 1 is 1.21 bits per heavy atom. The van der Waals surface area contributed by atoms with E-state index in [1.807, 2.05) is 0 Å². The van der Waals surface area contributed by atoms with Gasteiger partial charge in [-0.3, -0.25) is 0 Å². The number of hydrogen-bond donors (Lipinski definition) is 1. The Morgan fingerprint density at radius 2 is 1.86 bits per heavy atom. The summed E-state index contributed by atoms with van der Waals surface area (Å²) in [4.78, 5) is 0. The number of allylic oxidation sites excluding steroid dienone is 4. The van der Waals surface area contributed by atoms with E-state index in [-0.39, 0.29) is 5.41 Å². The number of alkyl halides is 1. The standard InChI is InChI=1S/C12H17ClO/c13-8-11-4-2-1-3-10(11)7-12(9-14)5-6-12/h1-4,10-11,14H,5-9H2. The zero-order chi connectivity index (χ0) is 10.0. The van der Waals surface area contributed by atoms with Crippen LogP contribution in [0, 0.1) is 17.3 Å². The number of halogens is 1. The maximum Gasteiger partial charge on any atom is 0.0487 e. The van der Waals surface area contributed by atoms with Crippen LogP contribution in [0.3, 0.4) is 0 Å². The van der Waals surface area contributed by atoms with E-state index in [4.69, 9.17) is 11.6 Å². The van der Waals surface area contributed by atoms with Gasteiger partial charge in [0, 0.05) is 12.5 Å². The van der Waals surface area contributed by atoms with E-state index in [0.717, 1.165) is 6.42 Å². The predicted molar refractivity (Wildman–Crippen MR) is 59.3 cm³/mol. The zero-order valence-corrected chi connectivity index (χ0v) is 9.08. The molecule has 0 aromatic carbocycles. The normalized spacial score (nSPS) is 33.3. The topological polar surface area (TPSA) is 20.2 Å². The molecule has 0 bridgehead atoms. The lowest BCUT2D eigenvalue weighted by Gasteiger charge is -2.25. The lowest BCUT2D eigenvalue weighted by Crippen LogP contribution is -2.20. The quantitative estimate of drug-likeness (QED) is 0.711. The maximum absolute atomic E-state index is 9.27. The average Bonchev–Trinajstić information content (AvgIpc) is 2.99. The lowest BCUT2D eigenvalue weighted by atomic mass is 9.81. The van der Waals surface area contributed by atoms with Crippen LogP contribution >= 0.6 is 11.6 Å². The minimum absolute atomic E-state index is 0.241. The van der Waals surface area contributed by atoms with Crippen molar-refractivity contribution in [1.29, 1.82) is 0 Å². The molecule has 2 heteroatoms. The Labute approximate surface area is 90.5 Å². The second kappa shape index (κ2) is 4.08. The van der Waals surface area contributed by atoms with Crippen molar-refractivity contribution in [1.82, 2.24) is 0 Å². The summed E-state index contributed by atoms with van der Waals surface area (Å²) in [6, 6.07) is 0. The average molecular weight is 213 g/mol. The van der Waals surface area contributed by atoms with E-state index in [9.17, 15) is 5.11 Å². The summed E-state index contributed by atoms with van der Waals surface area (Å²) in [7, 11) is 0. The zero-order valence-electron chi connectivity index (χ0n) is 8.32. The van der Waals surface area contributed by atoms with Crippen LogP contribution in [0.2, 0.25) is 0 Å². The first-order valence-electron chi connectivity index (χ1n) is 5.31. The highest BCUT2D eigenvalue weighted by molar-refractivity contribution is 6.18. The summed E-state index contributed by atoms with van der Waals surface area (Å²) in [5.41, 5.74) is 0.241. The first-order valence-corrected chi connectivity index (χ1v) is 5.85.